The highest BCUT2D eigenvalue weighted by molar-refractivity contribution is 5.89. The largest absolute Gasteiger partial charge is 0.478 e. The zero-order valence-electron chi connectivity index (χ0n) is 18.8. The minimum atomic E-state index is -0.339. The van der Waals surface area contributed by atoms with Gasteiger partial charge in [0, 0.05) is 12.3 Å². The third kappa shape index (κ3) is 7.97. The molecule has 1 aliphatic rings. The van der Waals surface area contributed by atoms with Crippen molar-refractivity contribution in [3.63, 3.8) is 0 Å². The third-order valence-electron chi connectivity index (χ3n) is 6.13. The van der Waals surface area contributed by atoms with Crippen LogP contribution in [0.5, 0.6) is 5.88 Å². The fraction of sp³-hybridized carbons (Fsp3) is 0.720. The molecular formula is C25H38N2O3. The summed E-state index contributed by atoms with van der Waals surface area (Å²) in [5.41, 5.74) is 0.219. The van der Waals surface area contributed by atoms with Crippen molar-refractivity contribution in [1.29, 1.82) is 5.26 Å². The topological polar surface area (TPSA) is 72.2 Å². The lowest BCUT2D eigenvalue weighted by Gasteiger charge is -2.34. The van der Waals surface area contributed by atoms with Gasteiger partial charge in [0.15, 0.2) is 0 Å². The Morgan fingerprint density at radius 2 is 1.80 bits per heavy atom. The van der Waals surface area contributed by atoms with Gasteiger partial charge >= 0.3 is 5.97 Å². The molecule has 166 valence electrons. The van der Waals surface area contributed by atoms with E-state index in [4.69, 9.17) is 9.47 Å². The molecule has 2 rings (SSSR count). The second-order valence-corrected chi connectivity index (χ2v) is 8.60. The molecule has 5 heteroatoms. The van der Waals surface area contributed by atoms with Crippen molar-refractivity contribution in [1.82, 2.24) is 4.98 Å². The van der Waals surface area contributed by atoms with Gasteiger partial charge in [-0.3, -0.25) is 0 Å². The number of rotatable bonds is 13. The lowest BCUT2D eigenvalue weighted by molar-refractivity contribution is 0.0104. The van der Waals surface area contributed by atoms with Gasteiger partial charge in [-0.15, -0.1) is 0 Å². The third-order valence-corrected chi connectivity index (χ3v) is 6.13. The van der Waals surface area contributed by atoms with E-state index < -0.39 is 0 Å². The number of carbonyl (C=O) groups is 1. The number of ether oxygens (including phenoxy) is 2. The van der Waals surface area contributed by atoms with Crippen LogP contribution >= 0.6 is 0 Å². The fourth-order valence-electron chi connectivity index (χ4n) is 4.08. The van der Waals surface area contributed by atoms with E-state index in [-0.39, 0.29) is 17.5 Å². The lowest BCUT2D eigenvalue weighted by Crippen LogP contribution is -2.31. The van der Waals surface area contributed by atoms with Crippen molar-refractivity contribution in [2.75, 3.05) is 6.61 Å². The van der Waals surface area contributed by atoms with Crippen LogP contribution in [0.25, 0.3) is 0 Å². The van der Waals surface area contributed by atoms with Crippen molar-refractivity contribution >= 4 is 5.97 Å². The van der Waals surface area contributed by atoms with Gasteiger partial charge < -0.3 is 9.47 Å². The number of unbranched alkanes of at least 4 members (excludes halogenated alkanes) is 6. The van der Waals surface area contributed by atoms with Gasteiger partial charge in [-0.25, -0.2) is 9.78 Å². The number of hydrogen-bond donors (Lipinski definition) is 0. The first-order valence-corrected chi connectivity index (χ1v) is 11.8. The van der Waals surface area contributed by atoms with Crippen LogP contribution in [-0.4, -0.2) is 23.7 Å². The van der Waals surface area contributed by atoms with E-state index >= 15 is 0 Å². The Morgan fingerprint density at radius 1 is 1.10 bits per heavy atom. The lowest BCUT2D eigenvalue weighted by atomic mass is 9.71. The van der Waals surface area contributed by atoms with Gasteiger partial charge in [0.1, 0.15) is 6.10 Å². The average molecular weight is 415 g/mol. The van der Waals surface area contributed by atoms with Crippen LogP contribution in [0.3, 0.4) is 0 Å². The van der Waals surface area contributed by atoms with Gasteiger partial charge in [-0.2, -0.15) is 5.26 Å². The molecule has 1 aromatic rings. The summed E-state index contributed by atoms with van der Waals surface area (Å²) in [5, 5.41) is 9.73. The van der Waals surface area contributed by atoms with E-state index in [2.05, 4.69) is 24.9 Å². The van der Waals surface area contributed by atoms with Crippen LogP contribution in [0, 0.1) is 16.7 Å². The number of pyridine rings is 1. The first-order valence-electron chi connectivity index (χ1n) is 11.8. The van der Waals surface area contributed by atoms with E-state index in [1.54, 1.807) is 12.1 Å². The molecule has 0 spiro atoms. The number of nitriles is 1. The molecule has 0 saturated heterocycles. The van der Waals surface area contributed by atoms with Gasteiger partial charge in [0.05, 0.1) is 23.7 Å². The fourth-order valence-corrected chi connectivity index (χ4v) is 4.08. The summed E-state index contributed by atoms with van der Waals surface area (Å²) >= 11 is 0. The smallest absolute Gasteiger partial charge is 0.339 e. The summed E-state index contributed by atoms with van der Waals surface area (Å²) in [6.45, 7) is 5.01. The molecule has 0 amide bonds. The predicted octanol–water partition coefficient (Wildman–Crippen LogP) is 6.62. The number of esters is 1. The first-order chi connectivity index (χ1) is 14.6. The highest BCUT2D eigenvalue weighted by atomic mass is 16.5. The predicted molar refractivity (Wildman–Crippen MR) is 118 cm³/mol. The quantitative estimate of drug-likeness (QED) is 0.268. The molecule has 1 aliphatic carbocycles. The molecule has 0 unspecified atom stereocenters. The van der Waals surface area contributed by atoms with Crippen LogP contribution in [-0.2, 0) is 4.74 Å². The summed E-state index contributed by atoms with van der Waals surface area (Å²) in [5.74, 6) is 0.201. The molecule has 0 radical (unpaired) electrons. The maximum Gasteiger partial charge on any atom is 0.339 e. The molecular weight excluding hydrogens is 376 g/mol. The Kier molecular flexibility index (Phi) is 10.7. The van der Waals surface area contributed by atoms with Crippen molar-refractivity contribution in [3.8, 4) is 11.9 Å². The van der Waals surface area contributed by atoms with Crippen molar-refractivity contribution in [3.05, 3.63) is 23.9 Å². The molecule has 0 N–H and O–H groups in total. The van der Waals surface area contributed by atoms with Gasteiger partial charge in [0.25, 0.3) is 0 Å². The molecule has 5 nitrogen and oxygen atoms in total. The zero-order chi connectivity index (χ0) is 21.7. The summed E-state index contributed by atoms with van der Waals surface area (Å²) in [7, 11) is 0. The molecule has 0 bridgehead atoms. The number of aromatic nitrogens is 1. The summed E-state index contributed by atoms with van der Waals surface area (Å²) in [6.07, 6.45) is 14.9. The summed E-state index contributed by atoms with van der Waals surface area (Å²) in [6, 6.07) is 6.02. The van der Waals surface area contributed by atoms with Gasteiger partial charge in [-0.05, 0) is 44.6 Å². The molecule has 1 aromatic heterocycles. The van der Waals surface area contributed by atoms with Crippen molar-refractivity contribution in [2.45, 2.75) is 103 Å². The maximum atomic E-state index is 12.5. The van der Waals surface area contributed by atoms with Crippen LogP contribution < -0.4 is 4.74 Å². The van der Waals surface area contributed by atoms with Crippen molar-refractivity contribution in [2.24, 2.45) is 5.41 Å². The number of hydrogen-bond acceptors (Lipinski definition) is 5. The highest BCUT2D eigenvalue weighted by Crippen LogP contribution is 2.41. The Morgan fingerprint density at radius 3 is 2.43 bits per heavy atom. The van der Waals surface area contributed by atoms with E-state index in [1.165, 1.54) is 31.9 Å². The summed E-state index contributed by atoms with van der Waals surface area (Å²) in [4.78, 5) is 16.7. The van der Waals surface area contributed by atoms with Crippen molar-refractivity contribution < 1.29 is 14.3 Å². The SMILES string of the molecule is CCCCCCCC1(C#N)CCC(OC(=O)c2ccc(OCCCCC)nc2)CC1. The molecule has 0 aliphatic heterocycles. The summed E-state index contributed by atoms with van der Waals surface area (Å²) < 4.78 is 11.3. The molecule has 0 aromatic carbocycles. The van der Waals surface area contributed by atoms with E-state index in [0.717, 1.165) is 57.8 Å². The molecule has 1 heterocycles. The zero-order valence-corrected chi connectivity index (χ0v) is 18.8. The Labute approximate surface area is 182 Å². The Bertz CT molecular complexity index is 658. The second kappa shape index (κ2) is 13.3. The Balaban J connectivity index is 1.74. The second-order valence-electron chi connectivity index (χ2n) is 8.60. The Hall–Kier alpha value is -2.09. The van der Waals surface area contributed by atoms with Crippen LogP contribution in [0.2, 0.25) is 0 Å². The molecule has 0 atom stereocenters. The van der Waals surface area contributed by atoms with E-state index in [1.807, 2.05) is 0 Å². The highest BCUT2D eigenvalue weighted by Gasteiger charge is 2.36. The number of carbonyl (C=O) groups excluding carboxylic acids is 1. The van der Waals surface area contributed by atoms with Gasteiger partial charge in [-0.1, -0.05) is 58.8 Å². The molecule has 30 heavy (non-hydrogen) atoms. The minimum absolute atomic E-state index is 0.107. The minimum Gasteiger partial charge on any atom is -0.478 e. The monoisotopic (exact) mass is 414 g/mol. The van der Waals surface area contributed by atoms with Crippen LogP contribution in [0.15, 0.2) is 18.3 Å². The van der Waals surface area contributed by atoms with E-state index in [0.29, 0.717) is 18.1 Å². The number of nitrogens with zero attached hydrogens (tertiary/aromatic N) is 2. The first kappa shape index (κ1) is 24.2. The normalized spacial score (nSPS) is 21.0. The molecule has 1 saturated carbocycles. The average Bonchev–Trinajstić information content (AvgIpc) is 2.78. The molecule has 1 fully saturated rings. The van der Waals surface area contributed by atoms with E-state index in [9.17, 15) is 10.1 Å². The van der Waals surface area contributed by atoms with Gasteiger partial charge in [0.2, 0.25) is 5.88 Å². The van der Waals surface area contributed by atoms with Crippen LogP contribution in [0.4, 0.5) is 0 Å². The maximum absolute atomic E-state index is 12.5. The standard InChI is InChI=1S/C25H38N2O3/c1-3-5-7-8-9-15-25(20-26)16-13-22(14-17-25)30-24(28)21-11-12-23(27-19-21)29-18-10-6-4-2/h11-12,19,22H,3-10,13-18H2,1-2H3. The van der Waals surface area contributed by atoms with Crippen LogP contribution in [0.1, 0.15) is 108 Å².